The zero-order chi connectivity index (χ0) is 16.8. The molecule has 0 saturated carbocycles. The average Bonchev–Trinajstić information content (AvgIpc) is 2.61. The quantitative estimate of drug-likeness (QED) is 0.568. The summed E-state index contributed by atoms with van der Waals surface area (Å²) in [4.78, 5) is 0. The maximum absolute atomic E-state index is 6.18. The van der Waals surface area contributed by atoms with E-state index in [9.17, 15) is 0 Å². The van der Waals surface area contributed by atoms with Crippen LogP contribution in [0.2, 0.25) is 10.0 Å². The fourth-order valence-corrected chi connectivity index (χ4v) is 2.75. The molecule has 0 unspecified atom stereocenters. The molecule has 0 radical (unpaired) electrons. The van der Waals surface area contributed by atoms with Crippen LogP contribution in [0.5, 0.6) is 5.75 Å². The Morgan fingerprint density at radius 2 is 1.58 bits per heavy atom. The lowest BCUT2D eigenvalue weighted by atomic mass is 10.2. The Kier molecular flexibility index (Phi) is 5.63. The zero-order valence-corrected chi connectivity index (χ0v) is 14.5. The van der Waals surface area contributed by atoms with Gasteiger partial charge in [0.15, 0.2) is 0 Å². The van der Waals surface area contributed by atoms with E-state index in [0.717, 1.165) is 22.6 Å². The van der Waals surface area contributed by atoms with Gasteiger partial charge in [0.05, 0.1) is 0 Å². The van der Waals surface area contributed by atoms with Gasteiger partial charge in [-0.25, -0.2) is 0 Å². The van der Waals surface area contributed by atoms with Gasteiger partial charge in [-0.3, -0.25) is 0 Å². The van der Waals surface area contributed by atoms with Crippen LogP contribution in [0.1, 0.15) is 11.1 Å². The van der Waals surface area contributed by atoms with E-state index in [1.807, 2.05) is 66.7 Å². The van der Waals surface area contributed by atoms with Crippen molar-refractivity contribution < 1.29 is 4.74 Å². The van der Waals surface area contributed by atoms with Gasteiger partial charge in [-0.1, -0.05) is 59.6 Å². The summed E-state index contributed by atoms with van der Waals surface area (Å²) in [5.74, 6) is 0.842. The molecule has 0 aromatic heterocycles. The molecule has 0 aliphatic rings. The van der Waals surface area contributed by atoms with Crippen LogP contribution < -0.4 is 10.1 Å². The molecular weight excluding hydrogens is 341 g/mol. The molecule has 0 atom stereocenters. The van der Waals surface area contributed by atoms with Crippen LogP contribution in [-0.4, -0.2) is 0 Å². The third kappa shape index (κ3) is 4.67. The van der Waals surface area contributed by atoms with Crippen LogP contribution in [0.25, 0.3) is 0 Å². The number of benzene rings is 3. The third-order valence-electron chi connectivity index (χ3n) is 3.60. The second kappa shape index (κ2) is 8.09. The summed E-state index contributed by atoms with van der Waals surface area (Å²) < 4.78 is 5.78. The molecule has 0 aliphatic carbocycles. The molecule has 3 aromatic carbocycles. The minimum absolute atomic E-state index is 0.563. The van der Waals surface area contributed by atoms with E-state index in [2.05, 4.69) is 5.32 Å². The molecule has 0 amide bonds. The lowest BCUT2D eigenvalue weighted by molar-refractivity contribution is 0.306. The Labute approximate surface area is 152 Å². The number of halogens is 2. The maximum atomic E-state index is 6.18. The molecule has 0 bridgehead atoms. The Bertz CT molecular complexity index is 788. The smallest absolute Gasteiger partial charge is 0.119 e. The molecule has 2 nitrogen and oxygen atoms in total. The first-order chi connectivity index (χ1) is 11.7. The highest BCUT2D eigenvalue weighted by Crippen LogP contribution is 2.23. The van der Waals surface area contributed by atoms with Crippen molar-refractivity contribution in [1.29, 1.82) is 0 Å². The highest BCUT2D eigenvalue weighted by Gasteiger charge is 2.02. The number of anilines is 1. The van der Waals surface area contributed by atoms with Crippen LogP contribution >= 0.6 is 23.2 Å². The van der Waals surface area contributed by atoms with E-state index in [1.165, 1.54) is 0 Å². The topological polar surface area (TPSA) is 21.3 Å². The molecule has 0 fully saturated rings. The first kappa shape index (κ1) is 16.7. The first-order valence-electron chi connectivity index (χ1n) is 7.65. The second-order valence-corrected chi connectivity index (χ2v) is 6.23. The summed E-state index contributed by atoms with van der Waals surface area (Å²) >= 11 is 12.1. The van der Waals surface area contributed by atoms with Crippen LogP contribution in [0.4, 0.5) is 5.69 Å². The van der Waals surface area contributed by atoms with Crippen molar-refractivity contribution in [2.45, 2.75) is 13.2 Å². The van der Waals surface area contributed by atoms with E-state index in [4.69, 9.17) is 27.9 Å². The van der Waals surface area contributed by atoms with Gasteiger partial charge in [-0.2, -0.15) is 0 Å². The lowest BCUT2D eigenvalue weighted by Crippen LogP contribution is -2.00. The van der Waals surface area contributed by atoms with E-state index < -0.39 is 0 Å². The van der Waals surface area contributed by atoms with Gasteiger partial charge in [0, 0.05) is 22.3 Å². The predicted octanol–water partition coefficient (Wildman–Crippen LogP) is 6.18. The summed E-state index contributed by atoms with van der Waals surface area (Å²) in [5.41, 5.74) is 3.16. The summed E-state index contributed by atoms with van der Waals surface area (Å²) in [6, 6.07) is 23.5. The molecule has 3 aromatic rings. The van der Waals surface area contributed by atoms with Crippen molar-refractivity contribution >= 4 is 28.9 Å². The molecule has 0 spiro atoms. The van der Waals surface area contributed by atoms with Gasteiger partial charge in [-0.15, -0.1) is 0 Å². The second-order valence-electron chi connectivity index (χ2n) is 5.39. The van der Waals surface area contributed by atoms with Crippen LogP contribution in [0.15, 0.2) is 72.8 Å². The van der Waals surface area contributed by atoms with Crippen LogP contribution in [0.3, 0.4) is 0 Å². The Morgan fingerprint density at radius 3 is 2.29 bits per heavy atom. The van der Waals surface area contributed by atoms with E-state index in [-0.39, 0.29) is 0 Å². The molecule has 122 valence electrons. The van der Waals surface area contributed by atoms with Crippen molar-refractivity contribution in [3.05, 3.63) is 94.0 Å². The maximum Gasteiger partial charge on any atom is 0.119 e. The number of hydrogen-bond acceptors (Lipinski definition) is 2. The zero-order valence-electron chi connectivity index (χ0n) is 13.0. The number of rotatable bonds is 6. The molecule has 1 N–H and O–H groups in total. The summed E-state index contributed by atoms with van der Waals surface area (Å²) in [5, 5.41) is 4.65. The number of hydrogen-bond donors (Lipinski definition) is 1. The van der Waals surface area contributed by atoms with Gasteiger partial charge in [0.1, 0.15) is 12.4 Å². The Morgan fingerprint density at radius 1 is 0.833 bits per heavy atom. The molecule has 3 rings (SSSR count). The Balaban J connectivity index is 1.54. The van der Waals surface area contributed by atoms with Gasteiger partial charge >= 0.3 is 0 Å². The molecule has 0 aliphatic heterocycles. The fraction of sp³-hybridized carbons (Fsp3) is 0.100. The normalized spacial score (nSPS) is 10.4. The van der Waals surface area contributed by atoms with E-state index >= 15 is 0 Å². The third-order valence-corrected chi connectivity index (χ3v) is 4.19. The largest absolute Gasteiger partial charge is 0.489 e. The van der Waals surface area contributed by atoms with Gasteiger partial charge in [0.2, 0.25) is 0 Å². The molecule has 4 heteroatoms. The standard InChI is InChI=1S/C20H17Cl2NO/c21-17-7-6-16(20(22)12-17)13-23-18-8-10-19(11-9-18)24-14-15-4-2-1-3-5-15/h1-12,23H,13-14H2. The number of nitrogens with one attached hydrogen (secondary N) is 1. The predicted molar refractivity (Wildman–Crippen MR) is 101 cm³/mol. The fourth-order valence-electron chi connectivity index (χ4n) is 2.27. The monoisotopic (exact) mass is 357 g/mol. The Hall–Kier alpha value is -2.16. The molecule has 0 heterocycles. The first-order valence-corrected chi connectivity index (χ1v) is 8.41. The van der Waals surface area contributed by atoms with Crippen molar-refractivity contribution in [1.82, 2.24) is 0 Å². The minimum Gasteiger partial charge on any atom is -0.489 e. The highest BCUT2D eigenvalue weighted by atomic mass is 35.5. The van der Waals surface area contributed by atoms with Crippen molar-refractivity contribution in [2.24, 2.45) is 0 Å². The van der Waals surface area contributed by atoms with Gasteiger partial charge in [0.25, 0.3) is 0 Å². The number of ether oxygens (including phenoxy) is 1. The van der Waals surface area contributed by atoms with E-state index in [1.54, 1.807) is 6.07 Å². The van der Waals surface area contributed by atoms with Gasteiger partial charge in [-0.05, 0) is 47.5 Å². The van der Waals surface area contributed by atoms with Crippen molar-refractivity contribution in [2.75, 3.05) is 5.32 Å². The molecular formula is C20H17Cl2NO. The summed E-state index contributed by atoms with van der Waals surface area (Å²) in [6.45, 7) is 1.20. The molecule has 0 saturated heterocycles. The van der Waals surface area contributed by atoms with E-state index in [0.29, 0.717) is 23.2 Å². The van der Waals surface area contributed by atoms with Crippen LogP contribution in [-0.2, 0) is 13.2 Å². The molecule has 24 heavy (non-hydrogen) atoms. The van der Waals surface area contributed by atoms with Crippen molar-refractivity contribution in [3.63, 3.8) is 0 Å². The summed E-state index contributed by atoms with van der Waals surface area (Å²) in [7, 11) is 0. The van der Waals surface area contributed by atoms with Crippen molar-refractivity contribution in [3.8, 4) is 5.75 Å². The highest BCUT2D eigenvalue weighted by molar-refractivity contribution is 6.35. The average molecular weight is 358 g/mol. The summed E-state index contributed by atoms with van der Waals surface area (Å²) in [6.07, 6.45) is 0. The van der Waals surface area contributed by atoms with Crippen LogP contribution in [0, 0.1) is 0 Å². The lowest BCUT2D eigenvalue weighted by Gasteiger charge is -2.10. The van der Waals surface area contributed by atoms with Gasteiger partial charge < -0.3 is 10.1 Å². The minimum atomic E-state index is 0.563. The SMILES string of the molecule is Clc1ccc(CNc2ccc(OCc3ccccc3)cc2)c(Cl)c1.